The first kappa shape index (κ1) is 24.8. The molecule has 2 aliphatic rings. The average molecular weight is 478 g/mol. The minimum Gasteiger partial charge on any atom is -0.370 e. The molecule has 1 saturated carbocycles. The second kappa shape index (κ2) is 10.00. The molecule has 0 radical (unpaired) electrons. The normalized spacial score (nSPS) is 18.4. The van der Waals surface area contributed by atoms with Crippen LogP contribution in [0.4, 0.5) is 33.3 Å². The molecule has 13 heteroatoms. The predicted molar refractivity (Wildman–Crippen MR) is 107 cm³/mol. The monoisotopic (exact) mass is 478 g/mol. The van der Waals surface area contributed by atoms with Crippen LogP contribution >= 0.6 is 0 Å². The van der Waals surface area contributed by atoms with Gasteiger partial charge in [0.1, 0.15) is 6.61 Å². The van der Waals surface area contributed by atoms with Crippen molar-refractivity contribution in [1.29, 1.82) is 0 Å². The summed E-state index contributed by atoms with van der Waals surface area (Å²) in [6.07, 6.45) is -6.18. The number of hydrogen-bond donors (Lipinski definition) is 2. The van der Waals surface area contributed by atoms with Gasteiger partial charge in [-0.05, 0) is 31.0 Å². The summed E-state index contributed by atoms with van der Waals surface area (Å²) in [5.41, 5.74) is 3.28. The number of amides is 3. The van der Waals surface area contributed by atoms with Crippen LogP contribution in [0.5, 0.6) is 0 Å². The number of primary amides is 1. The number of benzene rings is 1. The molecule has 1 aromatic carbocycles. The Morgan fingerprint density at radius 1 is 1.27 bits per heavy atom. The molecule has 3 rings (SSSR count). The number of halogens is 5. The molecule has 3 N–H and O–H groups in total. The van der Waals surface area contributed by atoms with Crippen molar-refractivity contribution in [2.24, 2.45) is 5.73 Å². The molecular formula is C20H23F5N4O4. The molecule has 33 heavy (non-hydrogen) atoms. The van der Waals surface area contributed by atoms with E-state index in [9.17, 15) is 36.3 Å². The van der Waals surface area contributed by atoms with Gasteiger partial charge in [0.05, 0.1) is 24.4 Å². The Balaban J connectivity index is 1.90. The highest BCUT2D eigenvalue weighted by Crippen LogP contribution is 2.38. The lowest BCUT2D eigenvalue weighted by molar-refractivity contribution is -0.137. The summed E-state index contributed by atoms with van der Waals surface area (Å²) < 4.78 is 72.4. The van der Waals surface area contributed by atoms with Crippen LogP contribution in [0.1, 0.15) is 24.8 Å². The minimum atomic E-state index is -4.92. The van der Waals surface area contributed by atoms with Crippen LogP contribution in [0.25, 0.3) is 0 Å². The van der Waals surface area contributed by atoms with Crippen molar-refractivity contribution in [1.82, 2.24) is 4.90 Å². The molecule has 3 amide bonds. The third-order valence-corrected chi connectivity index (χ3v) is 5.61. The quantitative estimate of drug-likeness (QED) is 0.439. The van der Waals surface area contributed by atoms with Crippen molar-refractivity contribution in [2.45, 2.75) is 43.9 Å². The molecule has 2 fully saturated rings. The van der Waals surface area contributed by atoms with Crippen LogP contribution in [0.15, 0.2) is 18.2 Å². The van der Waals surface area contributed by atoms with Crippen molar-refractivity contribution < 1.29 is 41.1 Å². The van der Waals surface area contributed by atoms with Gasteiger partial charge in [-0.15, -0.1) is 0 Å². The molecule has 1 aliphatic carbocycles. The van der Waals surface area contributed by atoms with Crippen molar-refractivity contribution in [3.63, 3.8) is 0 Å². The van der Waals surface area contributed by atoms with Gasteiger partial charge in [-0.2, -0.15) is 13.2 Å². The van der Waals surface area contributed by atoms with Crippen LogP contribution in [0, 0.1) is 0 Å². The van der Waals surface area contributed by atoms with Gasteiger partial charge in [-0.1, -0.05) is 6.42 Å². The first-order valence-corrected chi connectivity index (χ1v) is 10.2. The fourth-order valence-corrected chi connectivity index (χ4v) is 3.82. The molecule has 1 saturated heterocycles. The van der Waals surface area contributed by atoms with Gasteiger partial charge in [0.15, 0.2) is 6.04 Å². The van der Waals surface area contributed by atoms with Gasteiger partial charge < -0.3 is 20.7 Å². The van der Waals surface area contributed by atoms with Gasteiger partial charge in [0, 0.05) is 18.3 Å². The third kappa shape index (κ3) is 5.77. The number of nitrogens with one attached hydrogen (secondary N) is 1. The van der Waals surface area contributed by atoms with Crippen molar-refractivity contribution in [3.8, 4) is 0 Å². The fourth-order valence-electron chi connectivity index (χ4n) is 3.82. The van der Waals surface area contributed by atoms with Crippen LogP contribution in [-0.4, -0.2) is 67.4 Å². The van der Waals surface area contributed by atoms with Crippen molar-refractivity contribution in [3.05, 3.63) is 23.8 Å². The number of carbonyl (C=O) groups is 3. The van der Waals surface area contributed by atoms with Crippen LogP contribution in [0.3, 0.4) is 0 Å². The van der Waals surface area contributed by atoms with Gasteiger partial charge in [0.2, 0.25) is 5.91 Å². The molecular weight excluding hydrogens is 455 g/mol. The Bertz CT molecular complexity index is 907. The first-order chi connectivity index (χ1) is 15.5. The van der Waals surface area contributed by atoms with Crippen molar-refractivity contribution >= 4 is 29.1 Å². The van der Waals surface area contributed by atoms with E-state index in [-0.39, 0.29) is 25.4 Å². The summed E-state index contributed by atoms with van der Waals surface area (Å²) in [5.74, 6) is -3.01. The van der Waals surface area contributed by atoms with Crippen LogP contribution in [0.2, 0.25) is 0 Å². The zero-order chi connectivity index (χ0) is 24.3. The Morgan fingerprint density at radius 2 is 1.97 bits per heavy atom. The standard InChI is InChI=1S/C20H23F5N4O4/c21-15(22)9-29(11-2-1-3-11)17(18(26)31)19(32)27-14-5-4-12(8-13(14)20(23,24)25)28-6-7-33-10-16(28)30/h4-5,8,11,15,17H,1-3,6-7,9-10H2,(H2,26,31)(H,27,32)/t17-/m0/s1. The second-order valence-electron chi connectivity index (χ2n) is 7.79. The van der Waals surface area contributed by atoms with Crippen LogP contribution < -0.4 is 16.0 Å². The maximum absolute atomic E-state index is 13.7. The smallest absolute Gasteiger partial charge is 0.370 e. The molecule has 1 heterocycles. The Hall–Kier alpha value is -2.80. The summed E-state index contributed by atoms with van der Waals surface area (Å²) in [6, 6.07) is 0.472. The summed E-state index contributed by atoms with van der Waals surface area (Å²) in [4.78, 5) is 38.8. The number of morpholine rings is 1. The lowest BCUT2D eigenvalue weighted by Crippen LogP contribution is -2.58. The van der Waals surface area contributed by atoms with E-state index >= 15 is 0 Å². The van der Waals surface area contributed by atoms with Gasteiger partial charge in [0.25, 0.3) is 18.2 Å². The van der Waals surface area contributed by atoms with Gasteiger partial charge in [-0.25, -0.2) is 8.78 Å². The highest BCUT2D eigenvalue weighted by atomic mass is 19.4. The topological polar surface area (TPSA) is 105 Å². The SMILES string of the molecule is NC(=O)[C@@H](C(=O)Nc1ccc(N2CCOCC2=O)cc1C(F)(F)F)N(CC(F)F)C1CCC1. The summed E-state index contributed by atoms with van der Waals surface area (Å²) in [5, 5.41) is 2.02. The predicted octanol–water partition coefficient (Wildman–Crippen LogP) is 1.98. The van der Waals surface area contributed by atoms with E-state index in [2.05, 4.69) is 0 Å². The largest absolute Gasteiger partial charge is 0.418 e. The zero-order valence-electron chi connectivity index (χ0n) is 17.4. The molecule has 0 aromatic heterocycles. The number of hydrogen-bond acceptors (Lipinski definition) is 5. The molecule has 0 bridgehead atoms. The number of nitrogens with zero attached hydrogens (tertiary/aromatic N) is 2. The van der Waals surface area contributed by atoms with Gasteiger partial charge >= 0.3 is 6.18 Å². The highest BCUT2D eigenvalue weighted by Gasteiger charge is 2.41. The minimum absolute atomic E-state index is 0.0473. The van der Waals surface area contributed by atoms with E-state index in [1.807, 2.05) is 5.32 Å². The maximum atomic E-state index is 13.7. The fraction of sp³-hybridized carbons (Fsp3) is 0.550. The Morgan fingerprint density at radius 3 is 2.48 bits per heavy atom. The lowest BCUT2D eigenvalue weighted by Gasteiger charge is -2.40. The number of rotatable bonds is 8. The van der Waals surface area contributed by atoms with E-state index in [0.717, 1.165) is 15.9 Å². The second-order valence-corrected chi connectivity index (χ2v) is 7.79. The number of carbonyl (C=O) groups excluding carboxylic acids is 3. The van der Waals surface area contributed by atoms with Gasteiger partial charge in [-0.3, -0.25) is 19.3 Å². The summed E-state index contributed by atoms with van der Waals surface area (Å²) >= 11 is 0. The van der Waals surface area contributed by atoms with E-state index in [1.54, 1.807) is 0 Å². The lowest BCUT2D eigenvalue weighted by atomic mass is 9.90. The Kier molecular flexibility index (Phi) is 7.52. The zero-order valence-corrected chi connectivity index (χ0v) is 17.4. The third-order valence-electron chi connectivity index (χ3n) is 5.61. The van der Waals surface area contributed by atoms with E-state index in [1.165, 1.54) is 6.07 Å². The van der Waals surface area contributed by atoms with Crippen LogP contribution in [-0.2, 0) is 25.3 Å². The molecule has 1 aliphatic heterocycles. The Labute approximate surface area is 185 Å². The number of anilines is 2. The summed E-state index contributed by atoms with van der Waals surface area (Å²) in [6.45, 7) is -1.00. The molecule has 8 nitrogen and oxygen atoms in total. The molecule has 1 atom stereocenters. The molecule has 0 spiro atoms. The number of alkyl halides is 5. The highest BCUT2D eigenvalue weighted by molar-refractivity contribution is 6.10. The summed E-state index contributed by atoms with van der Waals surface area (Å²) in [7, 11) is 0. The van der Waals surface area contributed by atoms with E-state index in [4.69, 9.17) is 10.5 Å². The molecule has 0 unspecified atom stereocenters. The molecule has 182 valence electrons. The first-order valence-electron chi connectivity index (χ1n) is 10.2. The maximum Gasteiger partial charge on any atom is 0.418 e. The van der Waals surface area contributed by atoms with E-state index in [0.29, 0.717) is 25.3 Å². The van der Waals surface area contributed by atoms with Crippen molar-refractivity contribution in [2.75, 3.05) is 36.5 Å². The average Bonchev–Trinajstić information content (AvgIpc) is 2.66. The molecule has 1 aromatic rings. The number of nitrogens with two attached hydrogens (primary N) is 1. The number of ether oxygens (including phenoxy) is 1. The van der Waals surface area contributed by atoms with E-state index < -0.39 is 60.2 Å².